The van der Waals surface area contributed by atoms with Crippen LogP contribution in [0.15, 0.2) is 30.9 Å². The van der Waals surface area contributed by atoms with Crippen LogP contribution in [-0.4, -0.2) is 31.2 Å². The van der Waals surface area contributed by atoms with Crippen LogP contribution < -0.4 is 5.73 Å². The molecule has 0 aromatic carbocycles. The Balaban J connectivity index is 2.43. The zero-order chi connectivity index (χ0) is 11.5. The molecule has 0 radical (unpaired) electrons. The molecule has 0 bridgehead atoms. The summed E-state index contributed by atoms with van der Waals surface area (Å²) in [5.74, 6) is 0.345. The minimum absolute atomic E-state index is 0.0831. The first-order valence-electron chi connectivity index (χ1n) is 4.62. The van der Waals surface area contributed by atoms with Crippen molar-refractivity contribution in [1.82, 2.24) is 19.5 Å². The van der Waals surface area contributed by atoms with Gasteiger partial charge in [-0.1, -0.05) is 6.58 Å². The monoisotopic (exact) mass is 217 g/mol. The van der Waals surface area contributed by atoms with Crippen molar-refractivity contribution >= 4 is 23.2 Å². The second-order valence-electron chi connectivity index (χ2n) is 3.22. The highest BCUT2D eigenvalue weighted by Crippen LogP contribution is 2.14. The third-order valence-corrected chi connectivity index (χ3v) is 2.06. The van der Waals surface area contributed by atoms with Gasteiger partial charge in [0.1, 0.15) is 12.7 Å². The largest absolute Gasteiger partial charge is 0.392 e. The van der Waals surface area contributed by atoms with Crippen LogP contribution in [0.4, 0.5) is 5.82 Å². The number of nitrogens with zero attached hydrogens (tertiary/aromatic N) is 4. The second kappa shape index (κ2) is 4.11. The van der Waals surface area contributed by atoms with Crippen LogP contribution in [0.5, 0.6) is 0 Å². The first-order valence-corrected chi connectivity index (χ1v) is 4.62. The highest BCUT2D eigenvalue weighted by molar-refractivity contribution is 5.82. The molecule has 2 rings (SSSR count). The second-order valence-corrected chi connectivity index (χ2v) is 3.22. The maximum Gasteiger partial charge on any atom is 0.169 e. The molecular weight excluding hydrogens is 206 g/mol. The van der Waals surface area contributed by atoms with Crippen LogP contribution in [0, 0.1) is 0 Å². The number of aliphatic hydroxyl groups is 1. The molecule has 16 heavy (non-hydrogen) atoms. The van der Waals surface area contributed by atoms with Gasteiger partial charge in [0.2, 0.25) is 0 Å². The van der Waals surface area contributed by atoms with Gasteiger partial charge >= 0.3 is 0 Å². The van der Waals surface area contributed by atoms with Gasteiger partial charge < -0.3 is 10.8 Å². The minimum Gasteiger partial charge on any atom is -0.392 e. The van der Waals surface area contributed by atoms with Crippen LogP contribution >= 0.6 is 0 Å². The van der Waals surface area contributed by atoms with Crippen LogP contribution in [0.2, 0.25) is 0 Å². The highest BCUT2D eigenvalue weighted by Gasteiger charge is 2.05. The highest BCUT2D eigenvalue weighted by atomic mass is 16.3. The molecule has 82 valence electrons. The molecular formula is C10H11N5O. The van der Waals surface area contributed by atoms with Gasteiger partial charge in [0.05, 0.1) is 6.61 Å². The lowest BCUT2D eigenvalue weighted by atomic mass is 10.3. The van der Waals surface area contributed by atoms with E-state index < -0.39 is 0 Å². The van der Waals surface area contributed by atoms with Crippen molar-refractivity contribution in [3.63, 3.8) is 0 Å². The lowest BCUT2D eigenvalue weighted by Gasteiger charge is -1.96. The molecule has 6 nitrogen and oxygen atoms in total. The zero-order valence-corrected chi connectivity index (χ0v) is 8.54. The first kappa shape index (κ1) is 10.3. The van der Waals surface area contributed by atoms with Crippen LogP contribution in [0.25, 0.3) is 17.4 Å². The molecule has 2 aromatic heterocycles. The molecule has 0 unspecified atom stereocenters. The summed E-state index contributed by atoms with van der Waals surface area (Å²) in [5.41, 5.74) is 7.42. The van der Waals surface area contributed by atoms with E-state index in [1.807, 2.05) is 0 Å². The molecule has 3 N–H and O–H groups in total. The van der Waals surface area contributed by atoms with E-state index in [1.165, 1.54) is 6.33 Å². The smallest absolute Gasteiger partial charge is 0.169 e. The Hall–Kier alpha value is -2.21. The molecule has 0 atom stereocenters. The van der Waals surface area contributed by atoms with E-state index in [9.17, 15) is 0 Å². The molecule has 0 spiro atoms. The summed E-state index contributed by atoms with van der Waals surface area (Å²) in [4.78, 5) is 12.0. The van der Waals surface area contributed by atoms with Crippen molar-refractivity contribution in [1.29, 1.82) is 0 Å². The van der Waals surface area contributed by atoms with Gasteiger partial charge in [-0.3, -0.25) is 4.57 Å². The summed E-state index contributed by atoms with van der Waals surface area (Å²) in [5, 5.41) is 8.80. The maximum atomic E-state index is 8.80. The number of imidazole rings is 1. The van der Waals surface area contributed by atoms with E-state index in [1.54, 1.807) is 23.2 Å². The number of fused-ring (bicyclic) bond motifs is 1. The van der Waals surface area contributed by atoms with Crippen molar-refractivity contribution in [2.24, 2.45) is 0 Å². The first-order chi connectivity index (χ1) is 7.72. The van der Waals surface area contributed by atoms with Crippen LogP contribution in [0.1, 0.15) is 0 Å². The number of hydrogen-bond acceptors (Lipinski definition) is 5. The van der Waals surface area contributed by atoms with E-state index in [0.717, 1.165) is 0 Å². The quantitative estimate of drug-likeness (QED) is 0.727. The molecule has 0 aliphatic heterocycles. The van der Waals surface area contributed by atoms with Crippen molar-refractivity contribution in [2.45, 2.75) is 0 Å². The van der Waals surface area contributed by atoms with Gasteiger partial charge in [0, 0.05) is 6.20 Å². The molecule has 6 heteroatoms. The van der Waals surface area contributed by atoms with Gasteiger partial charge in [-0.2, -0.15) is 0 Å². The number of aliphatic hydroxyl groups excluding tert-OH is 1. The number of aromatic nitrogens is 4. The van der Waals surface area contributed by atoms with Crippen LogP contribution in [-0.2, 0) is 0 Å². The molecule has 0 amide bonds. The molecule has 2 heterocycles. The van der Waals surface area contributed by atoms with E-state index >= 15 is 0 Å². The summed E-state index contributed by atoms with van der Waals surface area (Å²) < 4.78 is 1.69. The van der Waals surface area contributed by atoms with Crippen molar-refractivity contribution < 1.29 is 5.11 Å². The predicted octanol–water partition coefficient (Wildman–Crippen LogP) is 0.428. The third kappa shape index (κ3) is 1.78. The standard InChI is InChI=1S/C10H11N5O/c1-7(4-16)2-3-15-6-14-8-9(11)12-5-13-10(8)15/h2-3,5-6,16H,1,4H2,(H2,11,12,13)/b3-2+. The Bertz CT molecular complexity index is 557. The Kier molecular flexibility index (Phi) is 2.65. The summed E-state index contributed by atoms with van der Waals surface area (Å²) in [6, 6.07) is 0. The fourth-order valence-electron chi connectivity index (χ4n) is 1.22. The van der Waals surface area contributed by atoms with Gasteiger partial charge in [0.15, 0.2) is 17.0 Å². The van der Waals surface area contributed by atoms with Crippen LogP contribution in [0.3, 0.4) is 0 Å². The third-order valence-electron chi connectivity index (χ3n) is 2.06. The number of nitrogen functional groups attached to an aromatic ring is 1. The summed E-state index contributed by atoms with van der Waals surface area (Å²) in [7, 11) is 0. The fraction of sp³-hybridized carbons (Fsp3) is 0.100. The topological polar surface area (TPSA) is 89.9 Å². The lowest BCUT2D eigenvalue weighted by Crippen LogP contribution is -1.94. The Labute approximate surface area is 91.8 Å². The SMILES string of the molecule is C=C(/C=C/n1cnc2c(N)ncnc21)CO. The minimum atomic E-state index is -0.0831. The van der Waals surface area contributed by atoms with Crippen molar-refractivity contribution in [3.8, 4) is 0 Å². The van der Waals surface area contributed by atoms with E-state index in [2.05, 4.69) is 21.5 Å². The van der Waals surface area contributed by atoms with Gasteiger partial charge in [-0.15, -0.1) is 0 Å². The Morgan fingerprint density at radius 2 is 2.31 bits per heavy atom. The molecule has 0 saturated heterocycles. The lowest BCUT2D eigenvalue weighted by molar-refractivity contribution is 0.335. The summed E-state index contributed by atoms with van der Waals surface area (Å²) in [6.45, 7) is 3.56. The van der Waals surface area contributed by atoms with E-state index in [-0.39, 0.29) is 6.61 Å². The average Bonchev–Trinajstić information content (AvgIpc) is 2.70. The van der Waals surface area contributed by atoms with E-state index in [0.29, 0.717) is 22.6 Å². The molecule has 0 saturated carbocycles. The van der Waals surface area contributed by atoms with Crippen molar-refractivity contribution in [3.05, 3.63) is 30.9 Å². The molecule has 0 aliphatic rings. The zero-order valence-electron chi connectivity index (χ0n) is 8.54. The number of nitrogens with two attached hydrogens (primary N) is 1. The molecule has 0 aliphatic carbocycles. The van der Waals surface area contributed by atoms with Gasteiger partial charge in [-0.05, 0) is 11.6 Å². The van der Waals surface area contributed by atoms with E-state index in [4.69, 9.17) is 10.8 Å². The predicted molar refractivity (Wildman–Crippen MR) is 61.3 cm³/mol. The maximum absolute atomic E-state index is 8.80. The molecule has 0 fully saturated rings. The summed E-state index contributed by atoms with van der Waals surface area (Å²) in [6.07, 6.45) is 6.35. The Morgan fingerprint density at radius 3 is 3.06 bits per heavy atom. The Morgan fingerprint density at radius 1 is 1.50 bits per heavy atom. The molecule has 2 aromatic rings. The number of hydrogen-bond donors (Lipinski definition) is 2. The van der Waals surface area contributed by atoms with Gasteiger partial charge in [0.25, 0.3) is 0 Å². The number of anilines is 1. The van der Waals surface area contributed by atoms with Crippen molar-refractivity contribution in [2.75, 3.05) is 12.3 Å². The number of rotatable bonds is 3. The average molecular weight is 217 g/mol. The fourth-order valence-corrected chi connectivity index (χ4v) is 1.22. The summed E-state index contributed by atoms with van der Waals surface area (Å²) >= 11 is 0. The normalized spacial score (nSPS) is 11.3. The van der Waals surface area contributed by atoms with Gasteiger partial charge in [-0.25, -0.2) is 15.0 Å².